The molecule has 0 spiro atoms. The minimum atomic E-state index is -0.862. The lowest BCUT2D eigenvalue weighted by Gasteiger charge is -2.40. The lowest BCUT2D eigenvalue weighted by molar-refractivity contribution is -0.225. The van der Waals surface area contributed by atoms with Crippen LogP contribution in [0.4, 0.5) is 0 Å². The van der Waals surface area contributed by atoms with Gasteiger partial charge in [0.25, 0.3) is 0 Å². The molecule has 0 unspecified atom stereocenters. The van der Waals surface area contributed by atoms with E-state index in [9.17, 15) is 14.4 Å². The predicted molar refractivity (Wildman–Crippen MR) is 66.7 cm³/mol. The molecule has 0 N–H and O–H groups in total. The van der Waals surface area contributed by atoms with Gasteiger partial charge in [0.05, 0.1) is 12.7 Å². The summed E-state index contributed by atoms with van der Waals surface area (Å²) in [5, 5.41) is 0. The Morgan fingerprint density at radius 3 is 1.90 bits per heavy atom. The molecule has 1 aliphatic heterocycles. The third kappa shape index (κ3) is 4.48. The second kappa shape index (κ2) is 7.23. The van der Waals surface area contributed by atoms with E-state index in [2.05, 4.69) is 0 Å². The Morgan fingerprint density at radius 2 is 1.45 bits per heavy atom. The summed E-state index contributed by atoms with van der Waals surface area (Å²) in [6, 6.07) is 0. The molecule has 0 saturated carbocycles. The van der Waals surface area contributed by atoms with Gasteiger partial charge >= 0.3 is 17.9 Å². The predicted octanol–water partition coefficient (Wildman–Crippen LogP) is 0.590. The maximum atomic E-state index is 11.2. The molecule has 0 amide bonds. The Labute approximate surface area is 117 Å². The van der Waals surface area contributed by atoms with Crippen LogP contribution in [-0.2, 0) is 33.3 Å². The minimum absolute atomic E-state index is 0.0911. The van der Waals surface area contributed by atoms with E-state index < -0.39 is 42.3 Å². The zero-order valence-electron chi connectivity index (χ0n) is 12.1. The third-order valence-corrected chi connectivity index (χ3v) is 2.86. The van der Waals surface area contributed by atoms with Crippen molar-refractivity contribution in [3.63, 3.8) is 0 Å². The monoisotopic (exact) mass is 288 g/mol. The molecule has 0 aromatic carbocycles. The fourth-order valence-corrected chi connectivity index (χ4v) is 2.16. The minimum Gasteiger partial charge on any atom is -0.456 e. The van der Waals surface area contributed by atoms with Gasteiger partial charge < -0.3 is 18.9 Å². The molecule has 0 radical (unpaired) electrons. The Hall–Kier alpha value is -1.63. The molecule has 20 heavy (non-hydrogen) atoms. The highest BCUT2D eigenvalue weighted by Gasteiger charge is 2.45. The largest absolute Gasteiger partial charge is 0.456 e. The van der Waals surface area contributed by atoms with Crippen molar-refractivity contribution in [1.82, 2.24) is 0 Å². The van der Waals surface area contributed by atoms with Gasteiger partial charge in [0.2, 0.25) is 0 Å². The summed E-state index contributed by atoms with van der Waals surface area (Å²) in [5.74, 6) is -1.58. The standard InChI is InChI=1S/C13H20O7/c1-5-10-12(19-8(3)15)13(20-9(4)16)11(6-17-10)18-7(2)14/h10-13H,5-6H2,1-4H3/t10-,11+,12-,13-/m0/s1. The molecule has 1 fully saturated rings. The first-order valence-corrected chi connectivity index (χ1v) is 6.48. The van der Waals surface area contributed by atoms with Crippen molar-refractivity contribution in [2.75, 3.05) is 6.61 Å². The average Bonchev–Trinajstić information content (AvgIpc) is 2.31. The second-order valence-electron chi connectivity index (χ2n) is 4.58. The van der Waals surface area contributed by atoms with E-state index in [4.69, 9.17) is 18.9 Å². The average molecular weight is 288 g/mol. The first kappa shape index (κ1) is 16.4. The van der Waals surface area contributed by atoms with Crippen LogP contribution in [0.25, 0.3) is 0 Å². The summed E-state index contributed by atoms with van der Waals surface area (Å²) in [7, 11) is 0. The van der Waals surface area contributed by atoms with Gasteiger partial charge in [-0.3, -0.25) is 14.4 Å². The summed E-state index contributed by atoms with van der Waals surface area (Å²) in [5.41, 5.74) is 0. The van der Waals surface area contributed by atoms with Crippen LogP contribution < -0.4 is 0 Å². The number of hydrogen-bond donors (Lipinski definition) is 0. The van der Waals surface area contributed by atoms with Crippen LogP contribution >= 0.6 is 0 Å². The topological polar surface area (TPSA) is 88.1 Å². The van der Waals surface area contributed by atoms with Gasteiger partial charge in [-0.2, -0.15) is 0 Å². The van der Waals surface area contributed by atoms with Crippen LogP contribution in [0.1, 0.15) is 34.1 Å². The Kier molecular flexibility index (Phi) is 5.94. The Bertz CT molecular complexity index is 379. The van der Waals surface area contributed by atoms with Gasteiger partial charge in [-0.1, -0.05) is 6.92 Å². The van der Waals surface area contributed by atoms with Gasteiger partial charge in [-0.15, -0.1) is 0 Å². The van der Waals surface area contributed by atoms with Crippen LogP contribution in [0.5, 0.6) is 0 Å². The van der Waals surface area contributed by atoms with Crippen molar-refractivity contribution in [3.05, 3.63) is 0 Å². The molecule has 0 aromatic rings. The van der Waals surface area contributed by atoms with Crippen LogP contribution in [0.3, 0.4) is 0 Å². The van der Waals surface area contributed by atoms with Crippen LogP contribution in [0, 0.1) is 0 Å². The van der Waals surface area contributed by atoms with Crippen molar-refractivity contribution in [3.8, 4) is 0 Å². The molecule has 1 rings (SSSR count). The molecular formula is C13H20O7. The maximum Gasteiger partial charge on any atom is 0.303 e. The highest BCUT2D eigenvalue weighted by Crippen LogP contribution is 2.25. The molecule has 7 nitrogen and oxygen atoms in total. The fourth-order valence-electron chi connectivity index (χ4n) is 2.16. The number of ether oxygens (including phenoxy) is 4. The van der Waals surface area contributed by atoms with E-state index >= 15 is 0 Å². The van der Waals surface area contributed by atoms with Gasteiger partial charge in [-0.05, 0) is 6.42 Å². The molecule has 1 heterocycles. The number of carbonyl (C=O) groups is 3. The molecule has 0 aromatic heterocycles. The Morgan fingerprint density at radius 1 is 0.950 bits per heavy atom. The molecule has 4 atom stereocenters. The summed E-state index contributed by atoms with van der Waals surface area (Å²) in [6.45, 7) is 5.70. The van der Waals surface area contributed by atoms with E-state index in [1.807, 2.05) is 6.92 Å². The number of hydrogen-bond acceptors (Lipinski definition) is 7. The molecule has 1 saturated heterocycles. The van der Waals surface area contributed by atoms with E-state index in [1.165, 1.54) is 20.8 Å². The number of esters is 3. The van der Waals surface area contributed by atoms with Crippen molar-refractivity contribution in [1.29, 1.82) is 0 Å². The van der Waals surface area contributed by atoms with Gasteiger partial charge in [0, 0.05) is 20.8 Å². The zero-order chi connectivity index (χ0) is 15.3. The van der Waals surface area contributed by atoms with Crippen LogP contribution in [0.15, 0.2) is 0 Å². The molecule has 114 valence electrons. The number of carbonyl (C=O) groups excluding carboxylic acids is 3. The van der Waals surface area contributed by atoms with Gasteiger partial charge in [-0.25, -0.2) is 0 Å². The van der Waals surface area contributed by atoms with E-state index in [0.29, 0.717) is 6.42 Å². The summed E-state index contributed by atoms with van der Waals surface area (Å²) in [4.78, 5) is 33.5. The fraction of sp³-hybridized carbons (Fsp3) is 0.769. The normalized spacial score (nSPS) is 29.4. The van der Waals surface area contributed by atoms with Gasteiger partial charge in [0.15, 0.2) is 18.3 Å². The molecule has 1 aliphatic rings. The zero-order valence-corrected chi connectivity index (χ0v) is 12.1. The van der Waals surface area contributed by atoms with E-state index in [1.54, 1.807) is 0 Å². The second-order valence-corrected chi connectivity index (χ2v) is 4.58. The lowest BCUT2D eigenvalue weighted by Crippen LogP contribution is -2.57. The van der Waals surface area contributed by atoms with Gasteiger partial charge in [0.1, 0.15) is 0 Å². The van der Waals surface area contributed by atoms with E-state index in [0.717, 1.165) is 0 Å². The van der Waals surface area contributed by atoms with Crippen molar-refractivity contribution < 1.29 is 33.3 Å². The first-order chi connectivity index (χ1) is 9.35. The third-order valence-electron chi connectivity index (χ3n) is 2.86. The summed E-state index contributed by atoms with van der Waals surface area (Å²) >= 11 is 0. The SMILES string of the molecule is CC[C@@H]1OC[C@@H](OC(C)=O)[C@H](OC(C)=O)[C@H]1OC(C)=O. The summed E-state index contributed by atoms with van der Waals surface area (Å²) < 4.78 is 21.0. The molecule has 7 heteroatoms. The van der Waals surface area contributed by atoms with Crippen LogP contribution in [-0.4, -0.2) is 48.9 Å². The molecule has 0 aliphatic carbocycles. The van der Waals surface area contributed by atoms with Crippen molar-refractivity contribution in [2.24, 2.45) is 0 Å². The maximum absolute atomic E-state index is 11.2. The molecular weight excluding hydrogens is 268 g/mol. The molecule has 0 bridgehead atoms. The Balaban J connectivity index is 2.95. The quantitative estimate of drug-likeness (QED) is 0.552. The lowest BCUT2D eigenvalue weighted by atomic mass is 9.97. The van der Waals surface area contributed by atoms with Crippen molar-refractivity contribution >= 4 is 17.9 Å². The first-order valence-electron chi connectivity index (χ1n) is 6.48. The number of rotatable bonds is 4. The van der Waals surface area contributed by atoms with E-state index in [-0.39, 0.29) is 6.61 Å². The highest BCUT2D eigenvalue weighted by molar-refractivity contribution is 5.68. The van der Waals surface area contributed by atoms with Crippen LogP contribution in [0.2, 0.25) is 0 Å². The summed E-state index contributed by atoms with van der Waals surface area (Å²) in [6.07, 6.45) is -2.28. The smallest absolute Gasteiger partial charge is 0.303 e. The van der Waals surface area contributed by atoms with Crippen molar-refractivity contribution in [2.45, 2.75) is 58.5 Å². The highest BCUT2D eigenvalue weighted by atomic mass is 16.6.